The van der Waals surface area contributed by atoms with Crippen LogP contribution >= 0.6 is 0 Å². The maximum absolute atomic E-state index is 10.9. The number of hydrogen-bond donors (Lipinski definition) is 0. The molecule has 1 aliphatic rings. The summed E-state index contributed by atoms with van der Waals surface area (Å²) in [5.74, 6) is -0.978. The quantitative estimate of drug-likeness (QED) is 0.799. The molecule has 0 aliphatic carbocycles. The Kier molecular flexibility index (Phi) is 5.15. The van der Waals surface area contributed by atoms with Crippen molar-refractivity contribution in [3.05, 3.63) is 42.0 Å². The van der Waals surface area contributed by atoms with Gasteiger partial charge in [-0.15, -0.1) is 0 Å². The SMILES string of the molecule is CC(=O)OCC1CC(C=Cc2ccccc2)OC(C)(C)O1. The summed E-state index contributed by atoms with van der Waals surface area (Å²) in [5, 5.41) is 0. The van der Waals surface area contributed by atoms with E-state index in [2.05, 4.69) is 0 Å². The molecule has 0 saturated carbocycles. The van der Waals surface area contributed by atoms with Crippen LogP contribution in [0.25, 0.3) is 6.08 Å². The Labute approximate surface area is 125 Å². The van der Waals surface area contributed by atoms with E-state index < -0.39 is 5.79 Å². The van der Waals surface area contributed by atoms with Gasteiger partial charge in [0.05, 0.1) is 12.2 Å². The number of carbonyl (C=O) groups is 1. The first-order chi connectivity index (χ1) is 9.94. The van der Waals surface area contributed by atoms with Crippen LogP contribution in [0.5, 0.6) is 0 Å². The molecule has 0 aromatic heterocycles. The van der Waals surface area contributed by atoms with Gasteiger partial charge in [-0.1, -0.05) is 42.5 Å². The van der Waals surface area contributed by atoms with Crippen LogP contribution in [0.4, 0.5) is 0 Å². The molecule has 2 unspecified atom stereocenters. The van der Waals surface area contributed by atoms with Gasteiger partial charge in [0.25, 0.3) is 0 Å². The second kappa shape index (κ2) is 6.87. The average molecular weight is 290 g/mol. The molecule has 21 heavy (non-hydrogen) atoms. The van der Waals surface area contributed by atoms with E-state index in [-0.39, 0.29) is 24.8 Å². The smallest absolute Gasteiger partial charge is 0.302 e. The van der Waals surface area contributed by atoms with Crippen molar-refractivity contribution in [2.75, 3.05) is 6.61 Å². The van der Waals surface area contributed by atoms with E-state index in [0.29, 0.717) is 6.42 Å². The lowest BCUT2D eigenvalue weighted by molar-refractivity contribution is -0.295. The minimum atomic E-state index is -0.686. The fourth-order valence-corrected chi connectivity index (χ4v) is 2.36. The molecule has 2 rings (SSSR count). The Morgan fingerprint density at radius 1 is 1.33 bits per heavy atom. The normalized spacial score (nSPS) is 24.9. The van der Waals surface area contributed by atoms with Crippen molar-refractivity contribution in [2.24, 2.45) is 0 Å². The number of rotatable bonds is 4. The molecular weight excluding hydrogens is 268 g/mol. The molecule has 114 valence electrons. The lowest BCUT2D eigenvalue weighted by Crippen LogP contribution is -2.45. The van der Waals surface area contributed by atoms with Crippen molar-refractivity contribution in [3.8, 4) is 0 Å². The lowest BCUT2D eigenvalue weighted by Gasteiger charge is -2.39. The predicted octanol–water partition coefficient (Wildman–Crippen LogP) is 3.17. The maximum atomic E-state index is 10.9. The molecule has 2 atom stereocenters. The molecule has 4 heteroatoms. The van der Waals surface area contributed by atoms with Crippen molar-refractivity contribution in [3.63, 3.8) is 0 Å². The Balaban J connectivity index is 1.98. The highest BCUT2D eigenvalue weighted by atomic mass is 16.7. The number of benzene rings is 1. The van der Waals surface area contributed by atoms with Crippen molar-refractivity contribution < 1.29 is 19.0 Å². The number of hydrogen-bond acceptors (Lipinski definition) is 4. The van der Waals surface area contributed by atoms with Crippen LogP contribution in [0.1, 0.15) is 32.8 Å². The molecule has 4 nitrogen and oxygen atoms in total. The van der Waals surface area contributed by atoms with Gasteiger partial charge >= 0.3 is 5.97 Å². The molecule has 0 N–H and O–H groups in total. The fourth-order valence-electron chi connectivity index (χ4n) is 2.36. The molecule has 1 aromatic carbocycles. The Morgan fingerprint density at radius 3 is 2.71 bits per heavy atom. The largest absolute Gasteiger partial charge is 0.463 e. The van der Waals surface area contributed by atoms with Gasteiger partial charge in [0, 0.05) is 13.3 Å². The standard InChI is InChI=1S/C17H22O4/c1-13(18)19-12-16-11-15(20-17(2,3)21-16)10-9-14-7-5-4-6-8-14/h4-10,15-16H,11-12H2,1-3H3. The molecule has 0 amide bonds. The Morgan fingerprint density at radius 2 is 2.05 bits per heavy atom. The minimum absolute atomic E-state index is 0.0606. The van der Waals surface area contributed by atoms with Crippen LogP contribution < -0.4 is 0 Å². The minimum Gasteiger partial charge on any atom is -0.463 e. The van der Waals surface area contributed by atoms with Crippen molar-refractivity contribution in [2.45, 2.75) is 45.2 Å². The summed E-state index contributed by atoms with van der Waals surface area (Å²) in [6.07, 6.45) is 4.52. The highest BCUT2D eigenvalue weighted by Gasteiger charge is 2.34. The van der Waals surface area contributed by atoms with Crippen molar-refractivity contribution >= 4 is 12.0 Å². The van der Waals surface area contributed by atoms with Gasteiger partial charge in [-0.2, -0.15) is 0 Å². The molecule has 1 fully saturated rings. The summed E-state index contributed by atoms with van der Waals surface area (Å²) in [6, 6.07) is 10.1. The van der Waals surface area contributed by atoms with E-state index >= 15 is 0 Å². The highest BCUT2D eigenvalue weighted by Crippen LogP contribution is 2.28. The third-order valence-electron chi connectivity index (χ3n) is 3.16. The van der Waals surface area contributed by atoms with E-state index in [4.69, 9.17) is 14.2 Å². The summed E-state index contributed by atoms with van der Waals surface area (Å²) in [6.45, 7) is 5.40. The molecule has 0 bridgehead atoms. The van der Waals surface area contributed by atoms with E-state index in [1.165, 1.54) is 6.92 Å². The zero-order chi connectivity index (χ0) is 15.3. The molecule has 0 spiro atoms. The summed E-state index contributed by atoms with van der Waals surface area (Å²) >= 11 is 0. The summed E-state index contributed by atoms with van der Waals surface area (Å²) in [4.78, 5) is 10.9. The van der Waals surface area contributed by atoms with Crippen molar-refractivity contribution in [1.82, 2.24) is 0 Å². The third kappa shape index (κ3) is 5.33. The average Bonchev–Trinajstić information content (AvgIpc) is 2.42. The van der Waals surface area contributed by atoms with E-state index in [0.717, 1.165) is 5.56 Å². The van der Waals surface area contributed by atoms with Crippen LogP contribution in [-0.4, -0.2) is 30.6 Å². The number of esters is 1. The molecule has 1 saturated heterocycles. The highest BCUT2D eigenvalue weighted by molar-refractivity contribution is 5.65. The molecule has 1 aromatic rings. The molecule has 0 radical (unpaired) electrons. The van der Waals surface area contributed by atoms with Gasteiger partial charge in [0.1, 0.15) is 6.61 Å². The van der Waals surface area contributed by atoms with Gasteiger partial charge in [-0.3, -0.25) is 4.79 Å². The Bertz CT molecular complexity index is 493. The van der Waals surface area contributed by atoms with E-state index in [9.17, 15) is 4.79 Å². The topological polar surface area (TPSA) is 44.8 Å². The molecule has 1 aliphatic heterocycles. The van der Waals surface area contributed by atoms with Crippen LogP contribution in [0.3, 0.4) is 0 Å². The zero-order valence-corrected chi connectivity index (χ0v) is 12.7. The maximum Gasteiger partial charge on any atom is 0.302 e. The van der Waals surface area contributed by atoms with Gasteiger partial charge in [0.2, 0.25) is 0 Å². The van der Waals surface area contributed by atoms with Crippen LogP contribution in [0, 0.1) is 0 Å². The summed E-state index contributed by atoms with van der Waals surface area (Å²) < 4.78 is 16.7. The first-order valence-electron chi connectivity index (χ1n) is 7.17. The predicted molar refractivity (Wildman–Crippen MR) is 80.6 cm³/mol. The Hall–Kier alpha value is -1.65. The number of carbonyl (C=O) groups excluding carboxylic acids is 1. The summed E-state index contributed by atoms with van der Waals surface area (Å²) in [7, 11) is 0. The first kappa shape index (κ1) is 15.7. The zero-order valence-electron chi connectivity index (χ0n) is 12.7. The van der Waals surface area contributed by atoms with E-state index in [1.807, 2.05) is 56.3 Å². The second-order valence-electron chi connectivity index (χ2n) is 5.60. The second-order valence-corrected chi connectivity index (χ2v) is 5.60. The fraction of sp³-hybridized carbons (Fsp3) is 0.471. The van der Waals surface area contributed by atoms with E-state index in [1.54, 1.807) is 0 Å². The van der Waals surface area contributed by atoms with Crippen LogP contribution in [0.2, 0.25) is 0 Å². The summed E-state index contributed by atoms with van der Waals surface area (Å²) in [5.41, 5.74) is 1.13. The monoisotopic (exact) mass is 290 g/mol. The van der Waals surface area contributed by atoms with Gasteiger partial charge in [0.15, 0.2) is 5.79 Å². The van der Waals surface area contributed by atoms with Gasteiger partial charge in [-0.25, -0.2) is 0 Å². The van der Waals surface area contributed by atoms with Crippen molar-refractivity contribution in [1.29, 1.82) is 0 Å². The number of ether oxygens (including phenoxy) is 3. The van der Waals surface area contributed by atoms with Crippen LogP contribution in [-0.2, 0) is 19.0 Å². The molecular formula is C17H22O4. The lowest BCUT2D eigenvalue weighted by atomic mass is 10.1. The third-order valence-corrected chi connectivity index (χ3v) is 3.16. The van der Waals surface area contributed by atoms with Crippen LogP contribution in [0.15, 0.2) is 36.4 Å². The first-order valence-corrected chi connectivity index (χ1v) is 7.17. The molecule has 1 heterocycles. The van der Waals surface area contributed by atoms with Gasteiger partial charge < -0.3 is 14.2 Å². The van der Waals surface area contributed by atoms with Gasteiger partial charge in [-0.05, 0) is 19.4 Å².